The SMILES string of the molecule is Cc1cc(C)c(C)c(S(=O)(=O)N2C[C@H](C)C[C@H](C)C2)c1C. The first-order chi connectivity index (χ1) is 9.64. The van der Waals surface area contributed by atoms with Crippen molar-refractivity contribution in [3.05, 3.63) is 28.3 Å². The summed E-state index contributed by atoms with van der Waals surface area (Å²) in [5.74, 6) is 0.852. The van der Waals surface area contributed by atoms with Gasteiger partial charge in [0.25, 0.3) is 0 Å². The van der Waals surface area contributed by atoms with Crippen molar-refractivity contribution in [3.8, 4) is 0 Å². The summed E-state index contributed by atoms with van der Waals surface area (Å²) in [7, 11) is -3.40. The highest BCUT2D eigenvalue weighted by Gasteiger charge is 2.34. The predicted octanol–water partition coefficient (Wildman–Crippen LogP) is 3.59. The molecule has 21 heavy (non-hydrogen) atoms. The van der Waals surface area contributed by atoms with E-state index in [1.165, 1.54) is 0 Å². The second kappa shape index (κ2) is 5.73. The summed E-state index contributed by atoms with van der Waals surface area (Å²) >= 11 is 0. The smallest absolute Gasteiger partial charge is 0.207 e. The van der Waals surface area contributed by atoms with Gasteiger partial charge >= 0.3 is 0 Å². The van der Waals surface area contributed by atoms with Crippen LogP contribution in [0.2, 0.25) is 0 Å². The van der Waals surface area contributed by atoms with Crippen LogP contribution < -0.4 is 0 Å². The molecule has 118 valence electrons. The van der Waals surface area contributed by atoms with Crippen LogP contribution in [0.4, 0.5) is 0 Å². The Morgan fingerprint density at radius 2 is 1.38 bits per heavy atom. The van der Waals surface area contributed by atoms with E-state index in [0.717, 1.165) is 28.7 Å². The zero-order valence-corrected chi connectivity index (χ0v) is 14.8. The molecule has 0 aromatic heterocycles. The number of sulfonamides is 1. The maximum atomic E-state index is 13.2. The molecule has 0 unspecified atom stereocenters. The van der Waals surface area contributed by atoms with Crippen molar-refractivity contribution in [3.63, 3.8) is 0 Å². The summed E-state index contributed by atoms with van der Waals surface area (Å²) in [5.41, 5.74) is 3.89. The molecule has 1 saturated heterocycles. The molecule has 2 atom stereocenters. The van der Waals surface area contributed by atoms with Gasteiger partial charge in [0.05, 0.1) is 4.90 Å². The molecule has 3 nitrogen and oxygen atoms in total. The van der Waals surface area contributed by atoms with E-state index in [2.05, 4.69) is 19.9 Å². The molecule has 0 N–H and O–H groups in total. The molecule has 1 fully saturated rings. The van der Waals surface area contributed by atoms with Gasteiger partial charge in [0.15, 0.2) is 0 Å². The highest BCUT2D eigenvalue weighted by molar-refractivity contribution is 7.89. The number of aryl methyl sites for hydroxylation is 2. The molecule has 0 saturated carbocycles. The zero-order chi connectivity index (χ0) is 15.9. The van der Waals surface area contributed by atoms with E-state index in [1.807, 2.05) is 27.7 Å². The molecule has 0 aliphatic carbocycles. The van der Waals surface area contributed by atoms with Crippen molar-refractivity contribution in [2.24, 2.45) is 11.8 Å². The third-order valence-corrected chi connectivity index (χ3v) is 6.84. The Hall–Kier alpha value is -0.870. The molecule has 0 spiro atoms. The van der Waals surface area contributed by atoms with E-state index in [4.69, 9.17) is 0 Å². The topological polar surface area (TPSA) is 37.4 Å². The van der Waals surface area contributed by atoms with E-state index >= 15 is 0 Å². The zero-order valence-electron chi connectivity index (χ0n) is 14.0. The molecule has 1 heterocycles. The molecule has 1 aliphatic heterocycles. The van der Waals surface area contributed by atoms with Gasteiger partial charge in [-0.25, -0.2) is 8.42 Å². The lowest BCUT2D eigenvalue weighted by atomic mass is 9.94. The molecule has 1 aromatic rings. The number of hydrogen-bond acceptors (Lipinski definition) is 2. The molecule has 0 radical (unpaired) electrons. The van der Waals surface area contributed by atoms with Crippen LogP contribution in [0.25, 0.3) is 0 Å². The lowest BCUT2D eigenvalue weighted by Gasteiger charge is -2.35. The van der Waals surface area contributed by atoms with Crippen molar-refractivity contribution in [1.82, 2.24) is 4.31 Å². The molecular weight excluding hydrogens is 282 g/mol. The van der Waals surface area contributed by atoms with Crippen LogP contribution in [-0.2, 0) is 10.0 Å². The Morgan fingerprint density at radius 3 is 1.81 bits per heavy atom. The third-order valence-electron chi connectivity index (χ3n) is 4.73. The Bertz CT molecular complexity index is 613. The maximum Gasteiger partial charge on any atom is 0.243 e. The molecule has 1 aromatic carbocycles. The maximum absolute atomic E-state index is 13.2. The van der Waals surface area contributed by atoms with E-state index in [9.17, 15) is 8.42 Å². The van der Waals surface area contributed by atoms with Crippen molar-refractivity contribution in [1.29, 1.82) is 0 Å². The molecule has 1 aliphatic rings. The van der Waals surface area contributed by atoms with Crippen LogP contribution in [0, 0.1) is 39.5 Å². The van der Waals surface area contributed by atoms with Crippen molar-refractivity contribution >= 4 is 10.0 Å². The average molecular weight is 309 g/mol. The summed E-state index contributed by atoms with van der Waals surface area (Å²) in [6.07, 6.45) is 1.11. The van der Waals surface area contributed by atoms with Gasteiger partial charge in [0.1, 0.15) is 0 Å². The van der Waals surface area contributed by atoms with E-state index in [-0.39, 0.29) is 0 Å². The Balaban J connectivity index is 2.55. The van der Waals surface area contributed by atoms with Crippen LogP contribution >= 0.6 is 0 Å². The minimum atomic E-state index is -3.40. The first-order valence-electron chi connectivity index (χ1n) is 7.72. The second-order valence-electron chi connectivity index (χ2n) is 6.86. The Morgan fingerprint density at radius 1 is 0.952 bits per heavy atom. The van der Waals surface area contributed by atoms with E-state index in [0.29, 0.717) is 29.8 Å². The lowest BCUT2D eigenvalue weighted by Crippen LogP contribution is -2.43. The second-order valence-corrected chi connectivity index (χ2v) is 8.73. The highest BCUT2D eigenvalue weighted by atomic mass is 32.2. The van der Waals surface area contributed by atoms with E-state index in [1.54, 1.807) is 4.31 Å². The molecule has 4 heteroatoms. The summed E-state index contributed by atoms with van der Waals surface area (Å²) in [6.45, 7) is 13.4. The Labute approximate surface area is 129 Å². The molecule has 2 rings (SSSR count). The number of hydrogen-bond donors (Lipinski definition) is 0. The van der Waals surface area contributed by atoms with Crippen LogP contribution in [0.5, 0.6) is 0 Å². The fourth-order valence-corrected chi connectivity index (χ4v) is 5.75. The number of rotatable bonds is 2. The van der Waals surface area contributed by atoms with Crippen molar-refractivity contribution in [2.45, 2.75) is 52.9 Å². The standard InChI is InChI=1S/C17H27NO2S/c1-11-7-12(2)10-18(9-11)21(19,20)17-15(5)13(3)8-14(4)16(17)6/h8,11-12H,7,9-10H2,1-6H3/t11-,12+. The minimum absolute atomic E-state index is 0.426. The third kappa shape index (κ3) is 3.02. The highest BCUT2D eigenvalue weighted by Crippen LogP contribution is 2.32. The summed E-state index contributed by atoms with van der Waals surface area (Å²) in [5, 5.41) is 0. The van der Waals surface area contributed by atoms with Crippen LogP contribution in [0.15, 0.2) is 11.0 Å². The fourth-order valence-electron chi connectivity index (χ4n) is 3.50. The lowest BCUT2D eigenvalue weighted by molar-refractivity contribution is 0.222. The quantitative estimate of drug-likeness (QED) is 0.837. The van der Waals surface area contributed by atoms with Gasteiger partial charge in [-0.3, -0.25) is 0 Å². The minimum Gasteiger partial charge on any atom is -0.207 e. The van der Waals surface area contributed by atoms with Crippen molar-refractivity contribution < 1.29 is 8.42 Å². The number of nitrogens with zero attached hydrogens (tertiary/aromatic N) is 1. The van der Waals surface area contributed by atoms with Gasteiger partial charge in [0.2, 0.25) is 10.0 Å². The molecule has 0 bridgehead atoms. The Kier molecular flexibility index (Phi) is 4.50. The normalized spacial score (nSPS) is 24.3. The first kappa shape index (κ1) is 16.5. The van der Waals surface area contributed by atoms with Crippen molar-refractivity contribution in [2.75, 3.05) is 13.1 Å². The van der Waals surface area contributed by atoms with Gasteiger partial charge in [-0.2, -0.15) is 4.31 Å². The van der Waals surface area contributed by atoms with Gasteiger partial charge in [-0.15, -0.1) is 0 Å². The first-order valence-corrected chi connectivity index (χ1v) is 9.16. The summed E-state index contributed by atoms with van der Waals surface area (Å²) in [4.78, 5) is 0.529. The predicted molar refractivity (Wildman–Crippen MR) is 87.1 cm³/mol. The largest absolute Gasteiger partial charge is 0.243 e. The number of piperidine rings is 1. The van der Waals surface area contributed by atoms with Gasteiger partial charge in [0, 0.05) is 13.1 Å². The van der Waals surface area contributed by atoms with Gasteiger partial charge in [-0.1, -0.05) is 19.9 Å². The summed E-state index contributed by atoms with van der Waals surface area (Å²) in [6, 6.07) is 2.07. The summed E-state index contributed by atoms with van der Waals surface area (Å²) < 4.78 is 28.0. The average Bonchev–Trinajstić information content (AvgIpc) is 2.35. The monoisotopic (exact) mass is 309 g/mol. The number of benzene rings is 1. The molecule has 0 amide bonds. The molecular formula is C17H27NO2S. The fraction of sp³-hybridized carbons (Fsp3) is 0.647. The van der Waals surface area contributed by atoms with Gasteiger partial charge < -0.3 is 0 Å². The van der Waals surface area contributed by atoms with Crippen LogP contribution in [-0.4, -0.2) is 25.8 Å². The van der Waals surface area contributed by atoms with Gasteiger partial charge in [-0.05, 0) is 68.2 Å². The van der Waals surface area contributed by atoms with Crippen LogP contribution in [0.3, 0.4) is 0 Å². The van der Waals surface area contributed by atoms with E-state index < -0.39 is 10.0 Å². The van der Waals surface area contributed by atoms with Crippen LogP contribution in [0.1, 0.15) is 42.5 Å².